The second kappa shape index (κ2) is 7.36. The van der Waals surface area contributed by atoms with Gasteiger partial charge in [0.2, 0.25) is 0 Å². The van der Waals surface area contributed by atoms with Gasteiger partial charge in [0.15, 0.2) is 11.0 Å². The Kier molecular flexibility index (Phi) is 5.23. The molecule has 0 N–H and O–H groups in total. The fraction of sp³-hybridized carbons (Fsp3) is 0.529. The van der Waals surface area contributed by atoms with Crippen LogP contribution in [0.3, 0.4) is 0 Å². The van der Waals surface area contributed by atoms with Crippen LogP contribution in [0, 0.1) is 0 Å². The summed E-state index contributed by atoms with van der Waals surface area (Å²) in [5.41, 5.74) is 2.35. The van der Waals surface area contributed by atoms with Crippen LogP contribution >= 0.6 is 11.8 Å². The third kappa shape index (κ3) is 3.53. The number of hydrogen-bond donors (Lipinski definition) is 0. The molecule has 0 unspecified atom stereocenters. The van der Waals surface area contributed by atoms with E-state index in [-0.39, 0.29) is 0 Å². The molecule has 0 aliphatic carbocycles. The Morgan fingerprint density at radius 2 is 1.96 bits per heavy atom. The first-order valence-electron chi connectivity index (χ1n) is 8.22. The van der Waals surface area contributed by atoms with E-state index in [2.05, 4.69) is 57.8 Å². The molecule has 0 amide bonds. The Hall–Kier alpha value is -1.53. The quantitative estimate of drug-likeness (QED) is 0.813. The molecule has 23 heavy (non-hydrogen) atoms. The van der Waals surface area contributed by atoms with Crippen molar-refractivity contribution in [1.29, 1.82) is 0 Å². The molecule has 2 heterocycles. The molecule has 124 valence electrons. The molecule has 1 fully saturated rings. The van der Waals surface area contributed by atoms with Crippen molar-refractivity contribution in [3.63, 3.8) is 0 Å². The average Bonchev–Trinajstić information content (AvgIpc) is 3.21. The maximum absolute atomic E-state index is 5.43. The molecule has 1 aromatic carbocycles. The summed E-state index contributed by atoms with van der Waals surface area (Å²) in [6.07, 6.45) is 1.09. The Bertz CT molecular complexity index is 631. The minimum absolute atomic E-state index is 0.496. The topological polar surface area (TPSA) is 43.2 Å². The molecule has 0 saturated carbocycles. The first-order valence-corrected chi connectivity index (χ1v) is 9.10. The van der Waals surface area contributed by atoms with E-state index in [9.17, 15) is 0 Å². The molecule has 5 nitrogen and oxygen atoms in total. The largest absolute Gasteiger partial charge is 0.380 e. The monoisotopic (exact) mass is 332 g/mol. The van der Waals surface area contributed by atoms with Crippen molar-refractivity contribution >= 4 is 17.4 Å². The fourth-order valence-corrected chi connectivity index (χ4v) is 3.84. The van der Waals surface area contributed by atoms with E-state index in [0.29, 0.717) is 5.25 Å². The first kappa shape index (κ1) is 16.3. The highest BCUT2D eigenvalue weighted by Crippen LogP contribution is 2.30. The number of ether oxygens (including phenoxy) is 1. The molecule has 1 aliphatic heterocycles. The van der Waals surface area contributed by atoms with Gasteiger partial charge in [-0.15, -0.1) is 10.2 Å². The fourth-order valence-electron chi connectivity index (χ4n) is 2.83. The highest BCUT2D eigenvalue weighted by molar-refractivity contribution is 7.99. The van der Waals surface area contributed by atoms with E-state index in [4.69, 9.17) is 4.74 Å². The Balaban J connectivity index is 1.77. The summed E-state index contributed by atoms with van der Waals surface area (Å²) in [4.78, 5) is 2.34. The smallest absolute Gasteiger partial charge is 0.191 e. The minimum Gasteiger partial charge on any atom is -0.380 e. The maximum Gasteiger partial charge on any atom is 0.191 e. The molecular formula is C17H24N4OS. The van der Waals surface area contributed by atoms with Gasteiger partial charge in [-0.05, 0) is 44.5 Å². The van der Waals surface area contributed by atoms with Gasteiger partial charge in [-0.25, -0.2) is 0 Å². The van der Waals surface area contributed by atoms with Crippen LogP contribution in [0.5, 0.6) is 0 Å². The molecular weight excluding hydrogens is 308 g/mol. The maximum atomic E-state index is 5.43. The normalized spacial score (nSPS) is 17.6. The average molecular weight is 332 g/mol. The van der Waals surface area contributed by atoms with Crippen molar-refractivity contribution in [3.05, 3.63) is 24.3 Å². The molecule has 2 aromatic rings. The van der Waals surface area contributed by atoms with Crippen LogP contribution in [-0.2, 0) is 11.8 Å². The van der Waals surface area contributed by atoms with E-state index < -0.39 is 0 Å². The van der Waals surface area contributed by atoms with Gasteiger partial charge in [-0.1, -0.05) is 11.8 Å². The Morgan fingerprint density at radius 3 is 2.57 bits per heavy atom. The van der Waals surface area contributed by atoms with E-state index in [0.717, 1.165) is 49.3 Å². The van der Waals surface area contributed by atoms with Crippen molar-refractivity contribution < 1.29 is 4.74 Å². The van der Waals surface area contributed by atoms with Crippen molar-refractivity contribution in [2.24, 2.45) is 7.05 Å². The first-order chi connectivity index (χ1) is 11.2. The standard InChI is InChI=1S/C17H24N4OS/c1-4-21(5-2)14-8-6-13(7-9-14)16-18-19-17(20(16)3)23-15-10-11-22-12-15/h6-9,15H,4-5,10-12H2,1-3H3/t15-/m0/s1. The van der Waals surface area contributed by atoms with Gasteiger partial charge in [-0.3, -0.25) is 0 Å². The van der Waals surface area contributed by atoms with Gasteiger partial charge in [0.1, 0.15) is 0 Å². The zero-order chi connectivity index (χ0) is 16.2. The summed E-state index contributed by atoms with van der Waals surface area (Å²) in [6.45, 7) is 8.06. The van der Waals surface area contributed by atoms with Crippen LogP contribution in [-0.4, -0.2) is 46.3 Å². The number of benzene rings is 1. The van der Waals surface area contributed by atoms with Crippen LogP contribution in [0.25, 0.3) is 11.4 Å². The highest BCUT2D eigenvalue weighted by atomic mass is 32.2. The van der Waals surface area contributed by atoms with Crippen molar-refractivity contribution in [1.82, 2.24) is 14.8 Å². The zero-order valence-corrected chi connectivity index (χ0v) is 14.8. The van der Waals surface area contributed by atoms with Crippen molar-refractivity contribution in [2.75, 3.05) is 31.2 Å². The van der Waals surface area contributed by atoms with E-state index in [1.807, 2.05) is 7.05 Å². The van der Waals surface area contributed by atoms with E-state index >= 15 is 0 Å². The Morgan fingerprint density at radius 1 is 1.22 bits per heavy atom. The third-order valence-electron chi connectivity index (χ3n) is 4.25. The summed E-state index contributed by atoms with van der Waals surface area (Å²) < 4.78 is 7.51. The zero-order valence-electron chi connectivity index (χ0n) is 14.0. The number of rotatable bonds is 6. The van der Waals surface area contributed by atoms with E-state index in [1.54, 1.807) is 11.8 Å². The lowest BCUT2D eigenvalue weighted by Gasteiger charge is -2.21. The number of nitrogens with zero attached hydrogens (tertiary/aromatic N) is 4. The Labute approximate surface area is 142 Å². The van der Waals surface area contributed by atoms with Crippen LogP contribution < -0.4 is 4.90 Å². The van der Waals surface area contributed by atoms with Gasteiger partial charge in [-0.2, -0.15) is 0 Å². The lowest BCUT2D eigenvalue weighted by atomic mass is 10.2. The van der Waals surface area contributed by atoms with Gasteiger partial charge in [0.05, 0.1) is 6.61 Å². The molecule has 1 aliphatic rings. The molecule has 1 saturated heterocycles. The summed E-state index contributed by atoms with van der Waals surface area (Å²) in [7, 11) is 2.03. The second-order valence-corrected chi connectivity index (χ2v) is 6.96. The number of aromatic nitrogens is 3. The van der Waals surface area contributed by atoms with Crippen LogP contribution in [0.15, 0.2) is 29.4 Å². The molecule has 0 radical (unpaired) electrons. The molecule has 3 rings (SSSR count). The molecule has 6 heteroatoms. The third-order valence-corrected chi connectivity index (χ3v) is 5.52. The number of anilines is 1. The molecule has 0 spiro atoms. The van der Waals surface area contributed by atoms with E-state index in [1.165, 1.54) is 5.69 Å². The van der Waals surface area contributed by atoms with Gasteiger partial charge in [0.25, 0.3) is 0 Å². The lowest BCUT2D eigenvalue weighted by molar-refractivity contribution is 0.199. The predicted molar refractivity (Wildman–Crippen MR) is 95.1 cm³/mol. The van der Waals surface area contributed by atoms with Crippen molar-refractivity contribution in [2.45, 2.75) is 30.7 Å². The summed E-state index contributed by atoms with van der Waals surface area (Å²) in [6, 6.07) is 8.58. The summed E-state index contributed by atoms with van der Waals surface area (Å²) in [5, 5.41) is 10.2. The SMILES string of the molecule is CCN(CC)c1ccc(-c2nnc(S[C@H]3CCOC3)n2C)cc1. The summed E-state index contributed by atoms with van der Waals surface area (Å²) >= 11 is 1.76. The summed E-state index contributed by atoms with van der Waals surface area (Å²) in [5.74, 6) is 0.914. The van der Waals surface area contributed by atoms with Gasteiger partial charge < -0.3 is 14.2 Å². The van der Waals surface area contributed by atoms with Gasteiger partial charge >= 0.3 is 0 Å². The number of hydrogen-bond acceptors (Lipinski definition) is 5. The molecule has 0 bridgehead atoms. The molecule has 1 atom stereocenters. The molecule has 1 aromatic heterocycles. The van der Waals surface area contributed by atoms with Crippen LogP contribution in [0.2, 0.25) is 0 Å². The lowest BCUT2D eigenvalue weighted by Crippen LogP contribution is -2.21. The second-order valence-electron chi connectivity index (χ2n) is 5.69. The van der Waals surface area contributed by atoms with Crippen LogP contribution in [0.1, 0.15) is 20.3 Å². The minimum atomic E-state index is 0.496. The van der Waals surface area contributed by atoms with Crippen LogP contribution in [0.4, 0.5) is 5.69 Å². The highest BCUT2D eigenvalue weighted by Gasteiger charge is 2.20. The van der Waals surface area contributed by atoms with Gasteiger partial charge in [0, 0.05) is 43.2 Å². The van der Waals surface area contributed by atoms with Crippen molar-refractivity contribution in [3.8, 4) is 11.4 Å². The number of thioether (sulfide) groups is 1. The predicted octanol–water partition coefficient (Wildman–Crippen LogP) is 3.21.